The van der Waals surface area contributed by atoms with Gasteiger partial charge >= 0.3 is 5.97 Å². The minimum atomic E-state index is -0.581. The topological polar surface area (TPSA) is 38.7 Å². The van der Waals surface area contributed by atoms with E-state index >= 15 is 0 Å². The van der Waals surface area contributed by atoms with Crippen LogP contribution in [0.4, 0.5) is 4.39 Å². The lowest BCUT2D eigenvalue weighted by Crippen LogP contribution is -2.07. The smallest absolute Gasteiger partial charge is 0.363 e. The van der Waals surface area contributed by atoms with E-state index in [9.17, 15) is 9.18 Å². The van der Waals surface area contributed by atoms with Crippen LogP contribution in [0, 0.1) is 12.7 Å². The van der Waals surface area contributed by atoms with Crippen LogP contribution < -0.4 is 0 Å². The molecule has 0 saturated heterocycles. The fourth-order valence-electron chi connectivity index (χ4n) is 2.91. The maximum absolute atomic E-state index is 13.9. The summed E-state index contributed by atoms with van der Waals surface area (Å²) in [4.78, 5) is 16.3. The van der Waals surface area contributed by atoms with Gasteiger partial charge in [-0.2, -0.15) is 0 Å². The highest BCUT2D eigenvalue weighted by molar-refractivity contribution is 6.13. The number of cyclic esters (lactones) is 1. The molecule has 0 N–H and O–H groups in total. The molecule has 0 saturated carbocycles. The van der Waals surface area contributed by atoms with Crippen LogP contribution in [0.2, 0.25) is 0 Å². The molecule has 4 heteroatoms. The minimum Gasteiger partial charge on any atom is -0.402 e. The summed E-state index contributed by atoms with van der Waals surface area (Å²) in [5, 5.41) is 2.14. The number of benzene rings is 3. The number of hydrogen-bond donors (Lipinski definition) is 0. The zero-order chi connectivity index (χ0) is 17.4. The first-order chi connectivity index (χ1) is 12.1. The fraction of sp³-hybridized carbons (Fsp3) is 0.0476. The lowest BCUT2D eigenvalue weighted by atomic mass is 10.00. The summed E-state index contributed by atoms with van der Waals surface area (Å²) in [6, 6.07) is 18.0. The molecule has 0 aromatic heterocycles. The molecule has 122 valence electrons. The molecule has 4 rings (SSSR count). The molecular formula is C21H14FNO2. The van der Waals surface area contributed by atoms with Crippen molar-refractivity contribution >= 4 is 28.7 Å². The number of aryl methyl sites for hydroxylation is 1. The summed E-state index contributed by atoms with van der Waals surface area (Å²) >= 11 is 0. The van der Waals surface area contributed by atoms with E-state index in [1.54, 1.807) is 18.2 Å². The second-order valence-corrected chi connectivity index (χ2v) is 5.83. The van der Waals surface area contributed by atoms with E-state index in [2.05, 4.69) is 4.99 Å². The van der Waals surface area contributed by atoms with E-state index in [1.165, 1.54) is 12.1 Å². The van der Waals surface area contributed by atoms with E-state index in [0.29, 0.717) is 0 Å². The maximum atomic E-state index is 13.9. The predicted octanol–water partition coefficient (Wildman–Crippen LogP) is 4.63. The average Bonchev–Trinajstić information content (AvgIpc) is 2.98. The Kier molecular flexibility index (Phi) is 3.65. The van der Waals surface area contributed by atoms with Crippen LogP contribution in [0.3, 0.4) is 0 Å². The van der Waals surface area contributed by atoms with Gasteiger partial charge in [-0.25, -0.2) is 14.2 Å². The monoisotopic (exact) mass is 331 g/mol. The highest BCUT2D eigenvalue weighted by Crippen LogP contribution is 2.26. The number of carbonyl (C=O) groups is 1. The molecule has 25 heavy (non-hydrogen) atoms. The van der Waals surface area contributed by atoms with Crippen molar-refractivity contribution in [1.29, 1.82) is 0 Å². The van der Waals surface area contributed by atoms with Gasteiger partial charge in [0.1, 0.15) is 5.82 Å². The van der Waals surface area contributed by atoms with Gasteiger partial charge in [0, 0.05) is 0 Å². The van der Waals surface area contributed by atoms with Crippen molar-refractivity contribution in [3.05, 3.63) is 88.9 Å². The molecule has 0 spiro atoms. The number of halogens is 1. The summed E-state index contributed by atoms with van der Waals surface area (Å²) in [5.41, 5.74) is 2.36. The molecule has 0 amide bonds. The Morgan fingerprint density at radius 2 is 1.68 bits per heavy atom. The lowest BCUT2D eigenvalue weighted by Gasteiger charge is -2.05. The quantitative estimate of drug-likeness (QED) is 0.507. The zero-order valence-corrected chi connectivity index (χ0v) is 13.5. The fourth-order valence-corrected chi connectivity index (χ4v) is 2.91. The zero-order valence-electron chi connectivity index (χ0n) is 13.5. The number of carbonyl (C=O) groups excluding carboxylic acids is 1. The van der Waals surface area contributed by atoms with Gasteiger partial charge in [0.05, 0.1) is 5.56 Å². The van der Waals surface area contributed by atoms with Gasteiger partial charge < -0.3 is 4.74 Å². The highest BCUT2D eigenvalue weighted by Gasteiger charge is 2.26. The first-order valence-corrected chi connectivity index (χ1v) is 7.89. The molecule has 0 fully saturated rings. The van der Waals surface area contributed by atoms with Crippen molar-refractivity contribution in [3.63, 3.8) is 0 Å². The number of hydrogen-bond acceptors (Lipinski definition) is 3. The van der Waals surface area contributed by atoms with E-state index in [1.807, 2.05) is 43.3 Å². The Balaban J connectivity index is 1.81. The van der Waals surface area contributed by atoms with Crippen LogP contribution in [-0.4, -0.2) is 11.9 Å². The molecule has 1 aliphatic heterocycles. The SMILES string of the molecule is Cc1ccc(/C=C2\N=C(c3ccccc3F)OC2=O)c2ccccc12. The van der Waals surface area contributed by atoms with Crippen molar-refractivity contribution in [2.24, 2.45) is 4.99 Å². The van der Waals surface area contributed by atoms with Crippen molar-refractivity contribution in [1.82, 2.24) is 0 Å². The molecular weight excluding hydrogens is 317 g/mol. The number of aliphatic imine (C=N–C) groups is 1. The van der Waals surface area contributed by atoms with Crippen LogP contribution in [0.1, 0.15) is 16.7 Å². The molecule has 0 bridgehead atoms. The van der Waals surface area contributed by atoms with Crippen LogP contribution in [0.15, 0.2) is 71.4 Å². The third kappa shape index (κ3) is 2.72. The Labute approximate surface area is 144 Å². The van der Waals surface area contributed by atoms with Gasteiger partial charge in [-0.1, -0.05) is 48.5 Å². The van der Waals surface area contributed by atoms with Crippen molar-refractivity contribution in [2.75, 3.05) is 0 Å². The normalized spacial score (nSPS) is 15.5. The van der Waals surface area contributed by atoms with Gasteiger partial charge in [-0.05, 0) is 47.0 Å². The summed E-state index contributed by atoms with van der Waals surface area (Å²) in [5.74, 6) is -1.07. The van der Waals surface area contributed by atoms with Crippen LogP contribution in [-0.2, 0) is 9.53 Å². The van der Waals surface area contributed by atoms with Crippen molar-refractivity contribution in [3.8, 4) is 0 Å². The number of fused-ring (bicyclic) bond motifs is 1. The molecule has 0 radical (unpaired) electrons. The Morgan fingerprint density at radius 3 is 2.48 bits per heavy atom. The number of nitrogens with zero attached hydrogens (tertiary/aromatic N) is 1. The molecule has 3 aromatic carbocycles. The number of rotatable bonds is 2. The molecule has 0 unspecified atom stereocenters. The molecule has 1 aliphatic rings. The predicted molar refractivity (Wildman–Crippen MR) is 95.7 cm³/mol. The van der Waals surface area contributed by atoms with Gasteiger partial charge in [0.2, 0.25) is 5.90 Å². The van der Waals surface area contributed by atoms with E-state index < -0.39 is 11.8 Å². The molecule has 3 aromatic rings. The Morgan fingerprint density at radius 1 is 0.960 bits per heavy atom. The van der Waals surface area contributed by atoms with Gasteiger partial charge in [0.15, 0.2) is 5.70 Å². The maximum Gasteiger partial charge on any atom is 0.363 e. The molecule has 3 nitrogen and oxygen atoms in total. The molecule has 0 atom stereocenters. The number of esters is 1. The van der Waals surface area contributed by atoms with Gasteiger partial charge in [0.25, 0.3) is 0 Å². The summed E-state index contributed by atoms with van der Waals surface area (Å²) in [6.07, 6.45) is 1.68. The third-order valence-corrected chi connectivity index (χ3v) is 4.19. The highest BCUT2D eigenvalue weighted by atomic mass is 19.1. The van der Waals surface area contributed by atoms with Crippen LogP contribution in [0.5, 0.6) is 0 Å². The second kappa shape index (κ2) is 5.98. The summed E-state index contributed by atoms with van der Waals surface area (Å²) in [6.45, 7) is 2.04. The first-order valence-electron chi connectivity index (χ1n) is 7.89. The molecule has 1 heterocycles. The van der Waals surface area contributed by atoms with E-state index in [4.69, 9.17) is 4.74 Å². The average molecular weight is 331 g/mol. The van der Waals surface area contributed by atoms with Gasteiger partial charge in [-0.15, -0.1) is 0 Å². The van der Waals surface area contributed by atoms with Crippen LogP contribution in [0.25, 0.3) is 16.8 Å². The number of ether oxygens (including phenoxy) is 1. The van der Waals surface area contributed by atoms with E-state index in [0.717, 1.165) is 21.9 Å². The van der Waals surface area contributed by atoms with Crippen LogP contribution >= 0.6 is 0 Å². The standard InChI is InChI=1S/C21H14FNO2/c1-13-10-11-14(16-7-3-2-6-15(13)16)12-19-21(24)25-20(23-19)17-8-4-5-9-18(17)22/h2-12H,1H3/b19-12-. The lowest BCUT2D eigenvalue weighted by molar-refractivity contribution is -0.129. The summed E-state index contributed by atoms with van der Waals surface area (Å²) in [7, 11) is 0. The Hall–Kier alpha value is -3.27. The van der Waals surface area contributed by atoms with Crippen molar-refractivity contribution in [2.45, 2.75) is 6.92 Å². The van der Waals surface area contributed by atoms with Crippen molar-refractivity contribution < 1.29 is 13.9 Å². The molecule has 0 aliphatic carbocycles. The first kappa shape index (κ1) is 15.3. The largest absolute Gasteiger partial charge is 0.402 e. The second-order valence-electron chi connectivity index (χ2n) is 5.83. The van der Waals surface area contributed by atoms with E-state index in [-0.39, 0.29) is 17.2 Å². The van der Waals surface area contributed by atoms with Gasteiger partial charge in [-0.3, -0.25) is 0 Å². The minimum absolute atomic E-state index is 0.00855. The third-order valence-electron chi connectivity index (χ3n) is 4.19. The summed E-state index contributed by atoms with van der Waals surface area (Å²) < 4.78 is 19.0. The Bertz CT molecular complexity index is 1070.